The number of hydrogen-bond donors (Lipinski definition) is 1. The van der Waals surface area contributed by atoms with Crippen LogP contribution < -0.4 is 5.11 Å². The summed E-state index contributed by atoms with van der Waals surface area (Å²) in [5.41, 5.74) is 0. The average Bonchev–Trinajstić information content (AvgIpc) is 1.89. The van der Waals surface area contributed by atoms with Crippen molar-refractivity contribution in [3.8, 4) is 0 Å². The molecule has 0 amide bonds. The predicted octanol–water partition coefficient (Wildman–Crippen LogP) is -0.320. The summed E-state index contributed by atoms with van der Waals surface area (Å²) in [5, 5.41) is 16.7. The smallest absolute Gasteiger partial charge is 0.545 e. The van der Waals surface area contributed by atoms with Crippen molar-refractivity contribution in [2.24, 2.45) is 0 Å². The van der Waals surface area contributed by atoms with E-state index in [1.165, 1.54) is 0 Å². The molecule has 0 bridgehead atoms. The summed E-state index contributed by atoms with van der Waals surface area (Å²) < 4.78 is 0. The van der Waals surface area contributed by atoms with Gasteiger partial charge in [0, 0.05) is 0 Å². The van der Waals surface area contributed by atoms with E-state index in [4.69, 9.17) is 26.6 Å². The van der Waals surface area contributed by atoms with Gasteiger partial charge >= 0.3 is 25.4 Å². The average molecular weight is 246 g/mol. The molecule has 0 fully saturated rings. The molecule has 0 aromatic carbocycles. The molecule has 0 atom stereocenters. The maximum Gasteiger partial charge on any atom is 2.00 e. The van der Waals surface area contributed by atoms with E-state index >= 15 is 0 Å². The van der Waals surface area contributed by atoms with Crippen LogP contribution in [0.15, 0.2) is 12.7 Å². The van der Waals surface area contributed by atoms with Crippen molar-refractivity contribution in [1.82, 2.24) is 0 Å². The second-order valence-corrected chi connectivity index (χ2v) is 1.32. The van der Waals surface area contributed by atoms with Gasteiger partial charge in [-0.15, -0.1) is 11.6 Å². The first-order valence-electron chi connectivity index (χ1n) is 2.15. The molecule has 0 saturated carbocycles. The van der Waals surface area contributed by atoms with Crippen molar-refractivity contribution in [2.75, 3.05) is 5.88 Å². The zero-order valence-electron chi connectivity index (χ0n) is 6.75. The minimum atomic E-state index is -1.23. The van der Waals surface area contributed by atoms with Crippen LogP contribution in [-0.4, -0.2) is 22.9 Å². The Morgan fingerprint density at radius 1 is 1.58 bits per heavy atom. The number of carbonyl (C=O) groups is 2. The Labute approximate surface area is 89.0 Å². The van der Waals surface area contributed by atoms with Crippen LogP contribution >= 0.6 is 11.6 Å². The third-order valence-corrected chi connectivity index (χ3v) is 0.510. The largest absolute Gasteiger partial charge is 2.00 e. The normalized spacial score (nSPS) is 5.75. The van der Waals surface area contributed by atoms with E-state index in [2.05, 4.69) is 6.58 Å². The van der Waals surface area contributed by atoms with E-state index in [-0.39, 0.29) is 32.8 Å². The van der Waals surface area contributed by atoms with Crippen LogP contribution in [0.5, 0.6) is 0 Å². The number of aliphatic carboxylic acids is 2. The third kappa shape index (κ3) is 54.9. The monoisotopic (exact) mass is 244 g/mol. The third-order valence-electron chi connectivity index (χ3n) is 0.281. The van der Waals surface area contributed by atoms with E-state index in [1.807, 2.05) is 0 Å². The Morgan fingerprint density at radius 3 is 1.75 bits per heavy atom. The molecular weight excluding hydrogens is 237 g/mol. The van der Waals surface area contributed by atoms with Crippen molar-refractivity contribution in [1.29, 1.82) is 0 Å². The van der Waals surface area contributed by atoms with Crippen LogP contribution in [0, 0.1) is 7.43 Å². The maximum absolute atomic E-state index is 9.24. The molecule has 0 aliphatic rings. The van der Waals surface area contributed by atoms with Crippen LogP contribution in [0.25, 0.3) is 0 Å². The molecule has 0 spiro atoms. The Hall–Kier alpha value is -0.407. The minimum absolute atomic E-state index is 0. The SMILES string of the molecule is C=CC(=O)[O-].O=C(O)CCl.[CH3-].[Zn+2]. The molecular formula is C6H9ClO4Zn. The van der Waals surface area contributed by atoms with Gasteiger partial charge in [-0.3, -0.25) is 4.79 Å². The molecule has 0 aromatic rings. The molecule has 1 N–H and O–H groups in total. The molecule has 4 nitrogen and oxygen atoms in total. The van der Waals surface area contributed by atoms with Gasteiger partial charge in [0.15, 0.2) is 0 Å². The van der Waals surface area contributed by atoms with Crippen molar-refractivity contribution in [2.45, 2.75) is 0 Å². The Balaban J connectivity index is -0.0000000457. The Morgan fingerprint density at radius 2 is 1.75 bits per heavy atom. The fourth-order valence-electron chi connectivity index (χ4n) is 0. The number of halogens is 1. The van der Waals surface area contributed by atoms with Gasteiger partial charge in [-0.2, -0.15) is 0 Å². The molecule has 12 heavy (non-hydrogen) atoms. The maximum atomic E-state index is 9.24. The molecule has 0 unspecified atom stereocenters. The molecule has 0 aliphatic carbocycles. The second kappa shape index (κ2) is 16.9. The van der Waals surface area contributed by atoms with Crippen LogP contribution in [0.4, 0.5) is 0 Å². The first-order valence-corrected chi connectivity index (χ1v) is 2.69. The summed E-state index contributed by atoms with van der Waals surface area (Å²) in [4.78, 5) is 18.4. The number of carboxylic acid groups (broad SMARTS) is 2. The van der Waals surface area contributed by atoms with Gasteiger partial charge in [0.2, 0.25) is 0 Å². The fourth-order valence-corrected chi connectivity index (χ4v) is 0. The van der Waals surface area contributed by atoms with Gasteiger partial charge in [0.1, 0.15) is 5.88 Å². The molecule has 0 rings (SSSR count). The molecule has 66 valence electrons. The summed E-state index contributed by atoms with van der Waals surface area (Å²) in [5.74, 6) is -2.52. The zero-order chi connectivity index (χ0) is 8.57. The van der Waals surface area contributed by atoms with Crippen LogP contribution in [-0.2, 0) is 29.1 Å². The first-order chi connectivity index (χ1) is 4.54. The number of carbonyl (C=O) groups excluding carboxylic acids is 1. The first kappa shape index (κ1) is 22.6. The van der Waals surface area contributed by atoms with Crippen LogP contribution in [0.3, 0.4) is 0 Å². The summed E-state index contributed by atoms with van der Waals surface area (Å²) in [6.45, 7) is 2.90. The van der Waals surface area contributed by atoms with Gasteiger partial charge < -0.3 is 22.4 Å². The van der Waals surface area contributed by atoms with Crippen molar-refractivity contribution < 1.29 is 39.3 Å². The van der Waals surface area contributed by atoms with Crippen molar-refractivity contribution >= 4 is 23.5 Å². The van der Waals surface area contributed by atoms with E-state index < -0.39 is 11.9 Å². The van der Waals surface area contributed by atoms with Gasteiger partial charge in [-0.25, -0.2) is 0 Å². The predicted molar refractivity (Wildman–Crippen MR) is 40.0 cm³/mol. The number of alkyl halides is 1. The second-order valence-electron chi connectivity index (χ2n) is 1.05. The quantitative estimate of drug-likeness (QED) is 0.313. The molecule has 0 radical (unpaired) electrons. The van der Waals surface area contributed by atoms with E-state index in [0.29, 0.717) is 0 Å². The standard InChI is InChI=1S/C3H4O2.C2H3ClO2.CH3.Zn/c1-2-3(4)5;3-1-2(4)5;;/h2H,1H2,(H,4,5);1H2,(H,4,5);1H3;/q;;-1;+2/p-1. The van der Waals surface area contributed by atoms with Crippen LogP contribution in [0.1, 0.15) is 0 Å². The summed E-state index contributed by atoms with van der Waals surface area (Å²) in [6.07, 6.45) is 0.722. The van der Waals surface area contributed by atoms with Crippen molar-refractivity contribution in [3.05, 3.63) is 20.1 Å². The summed E-state index contributed by atoms with van der Waals surface area (Å²) in [7, 11) is 0. The minimum Gasteiger partial charge on any atom is -0.545 e. The van der Waals surface area contributed by atoms with E-state index in [9.17, 15) is 4.79 Å². The van der Waals surface area contributed by atoms with Gasteiger partial charge in [-0.05, 0) is 6.08 Å². The van der Waals surface area contributed by atoms with E-state index in [0.717, 1.165) is 6.08 Å². The molecule has 0 saturated heterocycles. The van der Waals surface area contributed by atoms with E-state index in [1.54, 1.807) is 0 Å². The molecule has 0 heterocycles. The topological polar surface area (TPSA) is 77.4 Å². The van der Waals surface area contributed by atoms with Gasteiger partial charge in [-0.1, -0.05) is 6.58 Å². The number of rotatable bonds is 2. The zero-order valence-corrected chi connectivity index (χ0v) is 10.5. The molecule has 6 heteroatoms. The Kier molecular flexibility index (Phi) is 31.8. The summed E-state index contributed by atoms with van der Waals surface area (Å²) >= 11 is 4.74. The van der Waals surface area contributed by atoms with Crippen molar-refractivity contribution in [3.63, 3.8) is 0 Å². The van der Waals surface area contributed by atoms with Gasteiger partial charge in [0.25, 0.3) is 0 Å². The van der Waals surface area contributed by atoms with Crippen LogP contribution in [0.2, 0.25) is 0 Å². The Bertz CT molecular complexity index is 138. The number of hydrogen-bond acceptors (Lipinski definition) is 3. The molecule has 0 aromatic heterocycles. The van der Waals surface area contributed by atoms with Gasteiger partial charge in [0.05, 0.1) is 5.97 Å². The summed E-state index contributed by atoms with van der Waals surface area (Å²) in [6, 6.07) is 0. The molecule has 0 aliphatic heterocycles. The number of carboxylic acids is 2. The fraction of sp³-hybridized carbons (Fsp3) is 0.167.